The van der Waals surface area contributed by atoms with Crippen LogP contribution in [-0.4, -0.2) is 32.6 Å². The number of carboxylic acid groups (broad SMARTS) is 1. The van der Waals surface area contributed by atoms with Crippen molar-refractivity contribution in [1.29, 1.82) is 0 Å². The number of aromatic amines is 1. The van der Waals surface area contributed by atoms with Crippen molar-refractivity contribution in [1.82, 2.24) is 9.97 Å². The topological polar surface area (TPSA) is 124 Å². The first-order chi connectivity index (χ1) is 5.20. The van der Waals surface area contributed by atoms with Crippen LogP contribution < -0.4 is 5.73 Å². The van der Waals surface area contributed by atoms with E-state index < -0.39 is 12.0 Å². The molecule has 0 amide bonds. The molecule has 1 rings (SSSR count). The molecule has 1 atom stereocenters. The fourth-order valence-electron chi connectivity index (χ4n) is 0.715. The summed E-state index contributed by atoms with van der Waals surface area (Å²) in [5.74, 6) is -1.01. The summed E-state index contributed by atoms with van der Waals surface area (Å²) in [7, 11) is 0. The highest BCUT2D eigenvalue weighted by Gasteiger charge is 2.12. The zero-order valence-electron chi connectivity index (χ0n) is 6.32. The van der Waals surface area contributed by atoms with Gasteiger partial charge in [-0.15, -0.1) is 0 Å². The zero-order chi connectivity index (χ0) is 8.27. The van der Waals surface area contributed by atoms with Gasteiger partial charge in [-0.3, -0.25) is 4.79 Å². The second kappa shape index (κ2) is 4.47. The minimum absolute atomic E-state index is 0. The molecule has 1 heterocycles. The van der Waals surface area contributed by atoms with Crippen LogP contribution >= 0.6 is 0 Å². The Morgan fingerprint density at radius 3 is 2.92 bits per heavy atom. The number of nitrogens with zero attached hydrogens (tertiary/aromatic N) is 1. The third-order valence-corrected chi connectivity index (χ3v) is 1.30. The molecule has 0 saturated heterocycles. The number of hydrogen-bond acceptors (Lipinski definition) is 3. The van der Waals surface area contributed by atoms with Gasteiger partial charge in [0.2, 0.25) is 0 Å². The number of aromatic nitrogens is 2. The molecule has 0 aliphatic carbocycles. The van der Waals surface area contributed by atoms with Gasteiger partial charge in [-0.2, -0.15) is 0 Å². The van der Waals surface area contributed by atoms with Gasteiger partial charge in [-0.1, -0.05) is 0 Å². The lowest BCUT2D eigenvalue weighted by atomic mass is 10.2. The lowest BCUT2D eigenvalue weighted by molar-refractivity contribution is -0.138. The van der Waals surface area contributed by atoms with Crippen molar-refractivity contribution in [2.75, 3.05) is 0 Å². The quantitative estimate of drug-likeness (QED) is 0.516. The second-order valence-corrected chi connectivity index (χ2v) is 2.21. The van der Waals surface area contributed by atoms with Crippen LogP contribution in [0.2, 0.25) is 0 Å². The molecule has 0 unspecified atom stereocenters. The molecule has 1 aromatic heterocycles. The fraction of sp³-hybridized carbons (Fsp3) is 0.333. The van der Waals surface area contributed by atoms with E-state index in [1.807, 2.05) is 0 Å². The average Bonchev–Trinajstić information content (AvgIpc) is 2.39. The van der Waals surface area contributed by atoms with E-state index in [9.17, 15) is 4.79 Å². The van der Waals surface area contributed by atoms with Gasteiger partial charge in [0.1, 0.15) is 6.04 Å². The van der Waals surface area contributed by atoms with Gasteiger partial charge >= 0.3 is 5.97 Å². The van der Waals surface area contributed by atoms with Crippen LogP contribution in [0.1, 0.15) is 5.69 Å². The van der Waals surface area contributed by atoms with Crippen molar-refractivity contribution in [2.45, 2.75) is 12.5 Å². The number of carboxylic acids is 1. The summed E-state index contributed by atoms with van der Waals surface area (Å²) < 4.78 is 0. The van der Waals surface area contributed by atoms with Gasteiger partial charge in [0, 0.05) is 12.6 Å². The van der Waals surface area contributed by atoms with Gasteiger partial charge in [0.15, 0.2) is 0 Å². The lowest BCUT2D eigenvalue weighted by Gasteiger charge is -2.01. The largest absolute Gasteiger partial charge is 0.480 e. The minimum atomic E-state index is -1.01. The molecule has 6 heteroatoms. The smallest absolute Gasteiger partial charge is 0.320 e. The molecule has 6 N–H and O–H groups in total. The summed E-state index contributed by atoms with van der Waals surface area (Å²) in [6, 6.07) is -0.863. The normalized spacial score (nSPS) is 11.8. The van der Waals surface area contributed by atoms with E-state index >= 15 is 0 Å². The van der Waals surface area contributed by atoms with Gasteiger partial charge in [-0.25, -0.2) is 4.98 Å². The van der Waals surface area contributed by atoms with E-state index in [0.717, 1.165) is 0 Å². The monoisotopic (exact) mass is 173 g/mol. The first-order valence-electron chi connectivity index (χ1n) is 3.16. The van der Waals surface area contributed by atoms with Gasteiger partial charge < -0.3 is 21.3 Å². The van der Waals surface area contributed by atoms with Crippen LogP contribution in [0.5, 0.6) is 0 Å². The number of aliphatic carboxylic acids is 1. The Morgan fingerprint density at radius 2 is 2.50 bits per heavy atom. The van der Waals surface area contributed by atoms with E-state index in [4.69, 9.17) is 10.8 Å². The van der Waals surface area contributed by atoms with E-state index in [1.54, 1.807) is 6.20 Å². The first-order valence-corrected chi connectivity index (χ1v) is 3.16. The molecule has 0 radical (unpaired) electrons. The Morgan fingerprint density at radius 1 is 1.83 bits per heavy atom. The number of rotatable bonds is 3. The van der Waals surface area contributed by atoms with Gasteiger partial charge in [-0.05, 0) is 0 Å². The third-order valence-electron chi connectivity index (χ3n) is 1.30. The SMILES string of the molecule is N[C@@H](Cc1c[nH]cn1)C(=O)O.O. The Balaban J connectivity index is 0.00000121. The highest BCUT2D eigenvalue weighted by Crippen LogP contribution is 1.95. The molecule has 0 aromatic carbocycles. The number of carbonyl (C=O) groups is 1. The van der Waals surface area contributed by atoms with Crippen molar-refractivity contribution in [2.24, 2.45) is 5.73 Å². The van der Waals surface area contributed by atoms with Crippen molar-refractivity contribution in [3.05, 3.63) is 18.2 Å². The van der Waals surface area contributed by atoms with Crippen LogP contribution in [0.25, 0.3) is 0 Å². The molecule has 12 heavy (non-hydrogen) atoms. The van der Waals surface area contributed by atoms with Crippen molar-refractivity contribution >= 4 is 5.97 Å². The Bertz CT molecular complexity index is 234. The molecule has 6 nitrogen and oxygen atoms in total. The maximum Gasteiger partial charge on any atom is 0.320 e. The van der Waals surface area contributed by atoms with Crippen LogP contribution in [0.4, 0.5) is 0 Å². The zero-order valence-corrected chi connectivity index (χ0v) is 6.32. The molecule has 0 saturated carbocycles. The molecular formula is C6H11N3O3. The highest BCUT2D eigenvalue weighted by atomic mass is 16.4. The Hall–Kier alpha value is -1.40. The molecular weight excluding hydrogens is 162 g/mol. The first kappa shape index (κ1) is 10.6. The molecule has 0 aliphatic heterocycles. The predicted molar refractivity (Wildman–Crippen MR) is 41.5 cm³/mol. The van der Waals surface area contributed by atoms with Crippen molar-refractivity contribution in [3.63, 3.8) is 0 Å². The predicted octanol–water partition coefficient (Wildman–Crippen LogP) is -1.46. The highest BCUT2D eigenvalue weighted by molar-refractivity contribution is 5.73. The van der Waals surface area contributed by atoms with Crippen molar-refractivity contribution < 1.29 is 15.4 Å². The lowest BCUT2D eigenvalue weighted by Crippen LogP contribution is -2.32. The standard InChI is InChI=1S/C6H9N3O2.H2O/c7-5(6(10)11)1-4-2-8-3-9-4;/h2-3,5H,1,7H2,(H,8,9)(H,10,11);1H2/t5-;/m0./s1. The van der Waals surface area contributed by atoms with Crippen LogP contribution in [-0.2, 0) is 11.2 Å². The van der Waals surface area contributed by atoms with E-state index in [0.29, 0.717) is 5.69 Å². The fourth-order valence-corrected chi connectivity index (χ4v) is 0.715. The summed E-state index contributed by atoms with van der Waals surface area (Å²) in [6.07, 6.45) is 3.38. The average molecular weight is 173 g/mol. The maximum absolute atomic E-state index is 10.3. The second-order valence-electron chi connectivity index (χ2n) is 2.21. The Labute approximate surface area is 68.7 Å². The molecule has 1 aromatic rings. The summed E-state index contributed by atoms with van der Waals surface area (Å²) in [6.45, 7) is 0. The number of nitrogens with one attached hydrogen (secondary N) is 1. The summed E-state index contributed by atoms with van der Waals surface area (Å²) in [4.78, 5) is 16.8. The summed E-state index contributed by atoms with van der Waals surface area (Å²) in [5, 5.41) is 8.42. The molecule has 0 aliphatic rings. The summed E-state index contributed by atoms with van der Waals surface area (Å²) >= 11 is 0. The van der Waals surface area contributed by atoms with Crippen LogP contribution in [0.3, 0.4) is 0 Å². The number of imidazole rings is 1. The molecule has 0 spiro atoms. The molecule has 68 valence electrons. The van der Waals surface area contributed by atoms with Gasteiger partial charge in [0.25, 0.3) is 0 Å². The van der Waals surface area contributed by atoms with Crippen LogP contribution in [0, 0.1) is 0 Å². The maximum atomic E-state index is 10.3. The molecule has 0 bridgehead atoms. The van der Waals surface area contributed by atoms with E-state index in [-0.39, 0.29) is 11.9 Å². The summed E-state index contributed by atoms with van der Waals surface area (Å²) in [5.41, 5.74) is 5.92. The third kappa shape index (κ3) is 2.69. The van der Waals surface area contributed by atoms with E-state index in [1.165, 1.54) is 6.33 Å². The van der Waals surface area contributed by atoms with Crippen molar-refractivity contribution in [3.8, 4) is 0 Å². The number of H-pyrrole nitrogens is 1. The van der Waals surface area contributed by atoms with Gasteiger partial charge in [0.05, 0.1) is 12.0 Å². The number of nitrogens with two attached hydrogens (primary N) is 1. The van der Waals surface area contributed by atoms with Crippen LogP contribution in [0.15, 0.2) is 12.5 Å². The molecule has 0 fully saturated rings. The minimum Gasteiger partial charge on any atom is -0.480 e. The Kier molecular flexibility index (Phi) is 3.95. The number of hydrogen-bond donors (Lipinski definition) is 3. The van der Waals surface area contributed by atoms with E-state index in [2.05, 4.69) is 9.97 Å².